The maximum Gasteiger partial charge on any atom is 0.220 e. The second-order valence-corrected chi connectivity index (χ2v) is 4.97. The highest BCUT2D eigenvalue weighted by Gasteiger charge is 2.01. The maximum atomic E-state index is 11.2. The van der Waals surface area contributed by atoms with Gasteiger partial charge in [0.2, 0.25) is 5.91 Å². The Morgan fingerprint density at radius 2 is 2.06 bits per heavy atom. The van der Waals surface area contributed by atoms with Gasteiger partial charge in [0.15, 0.2) is 0 Å². The van der Waals surface area contributed by atoms with Crippen LogP contribution in [0.25, 0.3) is 0 Å². The number of thioether (sulfide) groups is 1. The van der Waals surface area contributed by atoms with Crippen molar-refractivity contribution in [3.05, 3.63) is 29.3 Å². The van der Waals surface area contributed by atoms with Gasteiger partial charge in [-0.3, -0.25) is 4.79 Å². The van der Waals surface area contributed by atoms with E-state index in [0.29, 0.717) is 13.0 Å². The number of amides is 1. The summed E-state index contributed by atoms with van der Waals surface area (Å²) in [5.41, 5.74) is 2.62. The number of hydrogen-bond donors (Lipinski definition) is 1. The quantitative estimate of drug-likeness (QED) is 0.798. The summed E-state index contributed by atoms with van der Waals surface area (Å²) in [6.45, 7) is 6.88. The Labute approximate surface area is 102 Å². The molecular weight excluding hydrogens is 218 g/mol. The zero-order chi connectivity index (χ0) is 12.0. The molecule has 0 unspecified atom stereocenters. The monoisotopic (exact) mass is 237 g/mol. The van der Waals surface area contributed by atoms with Crippen molar-refractivity contribution in [1.29, 1.82) is 0 Å². The van der Waals surface area contributed by atoms with Crippen LogP contribution in [0, 0.1) is 13.8 Å². The van der Waals surface area contributed by atoms with E-state index in [4.69, 9.17) is 0 Å². The van der Waals surface area contributed by atoms with Crippen LogP contribution in [0.5, 0.6) is 0 Å². The fraction of sp³-hybridized carbons (Fsp3) is 0.462. The number of benzene rings is 1. The minimum atomic E-state index is 0.138. The first-order valence-electron chi connectivity index (χ1n) is 5.60. The molecule has 0 aliphatic heterocycles. The van der Waals surface area contributed by atoms with E-state index in [1.165, 1.54) is 16.0 Å². The fourth-order valence-corrected chi connectivity index (χ4v) is 2.30. The van der Waals surface area contributed by atoms with Gasteiger partial charge in [-0.2, -0.15) is 0 Å². The van der Waals surface area contributed by atoms with Crippen LogP contribution in [-0.2, 0) is 4.79 Å². The summed E-state index contributed by atoms with van der Waals surface area (Å²) in [6, 6.07) is 6.42. The lowest BCUT2D eigenvalue weighted by atomic mass is 10.1. The summed E-state index contributed by atoms with van der Waals surface area (Å²) in [5, 5.41) is 2.80. The summed E-state index contributed by atoms with van der Waals surface area (Å²) < 4.78 is 0. The highest BCUT2D eigenvalue weighted by molar-refractivity contribution is 7.99. The van der Waals surface area contributed by atoms with Crippen LogP contribution in [0.4, 0.5) is 0 Å². The molecule has 0 aliphatic rings. The molecule has 1 aromatic carbocycles. The SMILES string of the molecule is CCNC(=O)CCSc1ccc(C)c(C)c1. The lowest BCUT2D eigenvalue weighted by molar-refractivity contribution is -0.120. The molecule has 0 aliphatic carbocycles. The zero-order valence-corrected chi connectivity index (χ0v) is 11.0. The molecule has 0 spiro atoms. The molecule has 3 heteroatoms. The molecule has 1 rings (SSSR count). The van der Waals surface area contributed by atoms with E-state index in [9.17, 15) is 4.79 Å². The first-order valence-corrected chi connectivity index (χ1v) is 6.58. The Morgan fingerprint density at radius 3 is 2.69 bits per heavy atom. The summed E-state index contributed by atoms with van der Waals surface area (Å²) in [5.74, 6) is 0.979. The molecule has 0 saturated carbocycles. The third-order valence-corrected chi connectivity index (χ3v) is 3.45. The second-order valence-electron chi connectivity index (χ2n) is 3.80. The van der Waals surface area contributed by atoms with E-state index < -0.39 is 0 Å². The van der Waals surface area contributed by atoms with Crippen molar-refractivity contribution in [3.63, 3.8) is 0 Å². The Bertz CT molecular complexity index is 363. The van der Waals surface area contributed by atoms with Gasteiger partial charge in [-0.1, -0.05) is 6.07 Å². The number of hydrogen-bond acceptors (Lipinski definition) is 2. The zero-order valence-electron chi connectivity index (χ0n) is 10.2. The van der Waals surface area contributed by atoms with Crippen molar-refractivity contribution in [2.75, 3.05) is 12.3 Å². The molecule has 0 atom stereocenters. The summed E-state index contributed by atoms with van der Waals surface area (Å²) in [7, 11) is 0. The van der Waals surface area contributed by atoms with E-state index in [2.05, 4.69) is 37.4 Å². The van der Waals surface area contributed by atoms with Gasteiger partial charge in [0.1, 0.15) is 0 Å². The minimum Gasteiger partial charge on any atom is -0.356 e. The first kappa shape index (κ1) is 13.1. The van der Waals surface area contributed by atoms with Gasteiger partial charge >= 0.3 is 0 Å². The molecule has 16 heavy (non-hydrogen) atoms. The van der Waals surface area contributed by atoms with Crippen molar-refractivity contribution >= 4 is 17.7 Å². The van der Waals surface area contributed by atoms with Crippen LogP contribution in [0.15, 0.2) is 23.1 Å². The van der Waals surface area contributed by atoms with Gasteiger partial charge in [-0.15, -0.1) is 11.8 Å². The molecule has 0 radical (unpaired) electrons. The fourth-order valence-electron chi connectivity index (χ4n) is 1.35. The summed E-state index contributed by atoms with van der Waals surface area (Å²) in [4.78, 5) is 12.5. The highest BCUT2D eigenvalue weighted by atomic mass is 32.2. The van der Waals surface area contributed by atoms with E-state index in [1.807, 2.05) is 6.92 Å². The molecule has 0 bridgehead atoms. The Morgan fingerprint density at radius 1 is 1.31 bits per heavy atom. The maximum absolute atomic E-state index is 11.2. The largest absolute Gasteiger partial charge is 0.356 e. The van der Waals surface area contributed by atoms with Crippen molar-refractivity contribution in [2.45, 2.75) is 32.1 Å². The van der Waals surface area contributed by atoms with Crippen LogP contribution in [0.3, 0.4) is 0 Å². The van der Waals surface area contributed by atoms with E-state index in [-0.39, 0.29) is 5.91 Å². The van der Waals surface area contributed by atoms with Crippen molar-refractivity contribution in [2.24, 2.45) is 0 Å². The van der Waals surface area contributed by atoms with Crippen LogP contribution in [-0.4, -0.2) is 18.2 Å². The van der Waals surface area contributed by atoms with Crippen LogP contribution >= 0.6 is 11.8 Å². The third kappa shape index (κ3) is 4.27. The molecule has 0 fully saturated rings. The van der Waals surface area contributed by atoms with Gasteiger partial charge in [-0.05, 0) is 44.0 Å². The topological polar surface area (TPSA) is 29.1 Å². The number of carbonyl (C=O) groups excluding carboxylic acids is 1. The molecule has 88 valence electrons. The Balaban J connectivity index is 2.37. The number of rotatable bonds is 5. The number of nitrogens with one attached hydrogen (secondary N) is 1. The van der Waals surface area contributed by atoms with Gasteiger partial charge in [0.05, 0.1) is 0 Å². The molecular formula is C13H19NOS. The highest BCUT2D eigenvalue weighted by Crippen LogP contribution is 2.21. The van der Waals surface area contributed by atoms with Crippen molar-refractivity contribution in [1.82, 2.24) is 5.32 Å². The number of aryl methyl sites for hydroxylation is 2. The Kier molecular flexibility index (Phi) is 5.39. The van der Waals surface area contributed by atoms with Crippen LogP contribution < -0.4 is 5.32 Å². The van der Waals surface area contributed by atoms with Gasteiger partial charge in [-0.25, -0.2) is 0 Å². The van der Waals surface area contributed by atoms with Gasteiger partial charge in [0.25, 0.3) is 0 Å². The second kappa shape index (κ2) is 6.59. The normalized spacial score (nSPS) is 10.2. The average Bonchev–Trinajstić information content (AvgIpc) is 2.24. The summed E-state index contributed by atoms with van der Waals surface area (Å²) >= 11 is 1.74. The van der Waals surface area contributed by atoms with Crippen molar-refractivity contribution in [3.8, 4) is 0 Å². The summed E-state index contributed by atoms with van der Waals surface area (Å²) in [6.07, 6.45) is 0.589. The molecule has 1 aromatic rings. The lowest BCUT2D eigenvalue weighted by Gasteiger charge is -2.05. The molecule has 1 amide bonds. The smallest absolute Gasteiger partial charge is 0.220 e. The molecule has 0 saturated heterocycles. The van der Waals surface area contributed by atoms with Gasteiger partial charge < -0.3 is 5.32 Å². The van der Waals surface area contributed by atoms with Crippen LogP contribution in [0.2, 0.25) is 0 Å². The number of carbonyl (C=O) groups is 1. The van der Waals surface area contributed by atoms with E-state index >= 15 is 0 Å². The predicted molar refractivity (Wildman–Crippen MR) is 69.9 cm³/mol. The molecule has 0 aromatic heterocycles. The van der Waals surface area contributed by atoms with Crippen LogP contribution in [0.1, 0.15) is 24.5 Å². The first-order chi connectivity index (χ1) is 7.63. The third-order valence-electron chi connectivity index (χ3n) is 2.45. The molecule has 0 heterocycles. The van der Waals surface area contributed by atoms with E-state index in [1.54, 1.807) is 11.8 Å². The minimum absolute atomic E-state index is 0.138. The lowest BCUT2D eigenvalue weighted by Crippen LogP contribution is -2.22. The standard InChI is InChI=1S/C13H19NOS/c1-4-14-13(15)7-8-16-12-6-5-10(2)11(3)9-12/h5-6,9H,4,7-8H2,1-3H3,(H,14,15). The Hall–Kier alpha value is -0.960. The van der Waals surface area contributed by atoms with E-state index in [0.717, 1.165) is 5.75 Å². The van der Waals surface area contributed by atoms with Crippen molar-refractivity contribution < 1.29 is 4.79 Å². The molecule has 2 nitrogen and oxygen atoms in total. The van der Waals surface area contributed by atoms with Gasteiger partial charge in [0, 0.05) is 23.6 Å². The predicted octanol–water partition coefficient (Wildman–Crippen LogP) is 2.92. The average molecular weight is 237 g/mol. The molecule has 1 N–H and O–H groups in total.